The molecule has 0 aromatic carbocycles. The van der Waals surface area contributed by atoms with Crippen LogP contribution in [0.3, 0.4) is 0 Å². The summed E-state index contributed by atoms with van der Waals surface area (Å²) in [5.41, 5.74) is 0. The molecule has 1 saturated carbocycles. The van der Waals surface area contributed by atoms with Gasteiger partial charge in [-0.15, -0.1) is 11.3 Å². The minimum Gasteiger partial charge on any atom is -0.383 e. The molecule has 4 nitrogen and oxygen atoms in total. The van der Waals surface area contributed by atoms with E-state index in [1.165, 1.54) is 17.7 Å². The van der Waals surface area contributed by atoms with Gasteiger partial charge >= 0.3 is 0 Å². The second kappa shape index (κ2) is 7.22. The molecule has 19 heavy (non-hydrogen) atoms. The molecule has 1 N–H and O–H groups in total. The van der Waals surface area contributed by atoms with E-state index in [0.29, 0.717) is 12.1 Å². The van der Waals surface area contributed by atoms with Gasteiger partial charge in [-0.2, -0.15) is 0 Å². The number of aromatic nitrogens is 1. The standard InChI is InChI=1S/C14H25N3OS/c1-4-7-15-11(2)13-10-16-14(19-13)17(8-9-18-3)12-5-6-12/h10-12,15H,4-9H2,1-3H3. The quantitative estimate of drug-likeness (QED) is 0.756. The number of nitrogens with one attached hydrogen (secondary N) is 1. The lowest BCUT2D eigenvalue weighted by Gasteiger charge is -2.20. The van der Waals surface area contributed by atoms with Gasteiger partial charge in [0, 0.05) is 36.8 Å². The molecule has 1 aromatic rings. The highest BCUT2D eigenvalue weighted by molar-refractivity contribution is 7.15. The third-order valence-electron chi connectivity index (χ3n) is 3.41. The number of hydrogen-bond donors (Lipinski definition) is 1. The predicted molar refractivity (Wildman–Crippen MR) is 81.1 cm³/mol. The number of nitrogens with zero attached hydrogens (tertiary/aromatic N) is 2. The monoisotopic (exact) mass is 283 g/mol. The van der Waals surface area contributed by atoms with Crippen LogP contribution in [0.15, 0.2) is 6.20 Å². The third-order valence-corrected chi connectivity index (χ3v) is 4.63. The molecule has 0 saturated heterocycles. The second-order valence-corrected chi connectivity index (χ2v) is 6.18. The summed E-state index contributed by atoms with van der Waals surface area (Å²) in [6.45, 7) is 7.19. The van der Waals surface area contributed by atoms with E-state index < -0.39 is 0 Å². The molecule has 0 bridgehead atoms. The van der Waals surface area contributed by atoms with Crippen molar-refractivity contribution in [3.05, 3.63) is 11.1 Å². The molecule has 0 amide bonds. The van der Waals surface area contributed by atoms with Crippen LogP contribution in [0.1, 0.15) is 44.0 Å². The summed E-state index contributed by atoms with van der Waals surface area (Å²) in [5, 5.41) is 4.67. The summed E-state index contributed by atoms with van der Waals surface area (Å²) in [5.74, 6) is 0. The molecule has 0 radical (unpaired) electrons. The Bertz CT molecular complexity index is 379. The molecule has 1 atom stereocenters. The Labute approximate surface area is 120 Å². The minimum atomic E-state index is 0.398. The average molecular weight is 283 g/mol. The molecule has 1 aromatic heterocycles. The van der Waals surface area contributed by atoms with Crippen LogP contribution in [0.4, 0.5) is 5.13 Å². The maximum Gasteiger partial charge on any atom is 0.185 e. The Balaban J connectivity index is 1.97. The van der Waals surface area contributed by atoms with Crippen LogP contribution in [0, 0.1) is 0 Å². The van der Waals surface area contributed by atoms with E-state index in [2.05, 4.69) is 29.0 Å². The van der Waals surface area contributed by atoms with Crippen molar-refractivity contribution in [2.45, 2.75) is 45.2 Å². The molecule has 2 rings (SSSR count). The number of ether oxygens (including phenoxy) is 1. The van der Waals surface area contributed by atoms with E-state index >= 15 is 0 Å². The molecule has 1 fully saturated rings. The summed E-state index contributed by atoms with van der Waals surface area (Å²) in [7, 11) is 1.76. The SMILES string of the molecule is CCCNC(C)c1cnc(N(CCOC)C2CC2)s1. The molecular formula is C14H25N3OS. The first-order chi connectivity index (χ1) is 9.26. The molecule has 1 aliphatic rings. The van der Waals surface area contributed by atoms with E-state index in [1.807, 2.05) is 17.5 Å². The maximum absolute atomic E-state index is 5.20. The molecule has 0 aliphatic heterocycles. The Morgan fingerprint density at radius 3 is 3.00 bits per heavy atom. The fourth-order valence-corrected chi connectivity index (χ4v) is 3.12. The Hall–Kier alpha value is -0.650. The Kier molecular flexibility index (Phi) is 5.60. The Morgan fingerprint density at radius 2 is 2.37 bits per heavy atom. The van der Waals surface area contributed by atoms with Gasteiger partial charge in [-0.05, 0) is 32.7 Å². The smallest absolute Gasteiger partial charge is 0.185 e. The minimum absolute atomic E-state index is 0.398. The summed E-state index contributed by atoms with van der Waals surface area (Å²) in [6.07, 6.45) is 5.78. The number of rotatable bonds is 9. The normalized spacial score (nSPS) is 16.6. The van der Waals surface area contributed by atoms with Crippen LogP contribution in [0.25, 0.3) is 0 Å². The van der Waals surface area contributed by atoms with E-state index in [4.69, 9.17) is 4.74 Å². The zero-order valence-corrected chi connectivity index (χ0v) is 13.0. The van der Waals surface area contributed by atoms with Crippen molar-refractivity contribution in [2.75, 3.05) is 31.7 Å². The molecule has 5 heteroatoms. The highest BCUT2D eigenvalue weighted by atomic mass is 32.1. The Morgan fingerprint density at radius 1 is 1.58 bits per heavy atom. The van der Waals surface area contributed by atoms with Crippen LogP contribution in [0.5, 0.6) is 0 Å². The van der Waals surface area contributed by atoms with Crippen molar-refractivity contribution in [1.29, 1.82) is 0 Å². The lowest BCUT2D eigenvalue weighted by Crippen LogP contribution is -2.29. The van der Waals surface area contributed by atoms with Crippen molar-refractivity contribution in [1.82, 2.24) is 10.3 Å². The van der Waals surface area contributed by atoms with Gasteiger partial charge in [0.2, 0.25) is 0 Å². The third kappa shape index (κ3) is 4.16. The van der Waals surface area contributed by atoms with Crippen LogP contribution in [-0.2, 0) is 4.74 Å². The average Bonchev–Trinajstić information content (AvgIpc) is 3.13. The number of thiazole rings is 1. The summed E-state index contributed by atoms with van der Waals surface area (Å²) >= 11 is 1.82. The van der Waals surface area contributed by atoms with Crippen molar-refractivity contribution in [3.63, 3.8) is 0 Å². The molecule has 1 heterocycles. The van der Waals surface area contributed by atoms with Crippen molar-refractivity contribution in [2.24, 2.45) is 0 Å². The molecule has 0 spiro atoms. The predicted octanol–water partition coefficient (Wildman–Crippen LogP) is 2.82. The first-order valence-electron chi connectivity index (χ1n) is 7.21. The summed E-state index contributed by atoms with van der Waals surface area (Å²) in [6, 6.07) is 1.09. The van der Waals surface area contributed by atoms with Crippen LogP contribution in [-0.4, -0.2) is 37.8 Å². The lowest BCUT2D eigenvalue weighted by atomic mass is 10.3. The zero-order valence-electron chi connectivity index (χ0n) is 12.2. The molecule has 1 aliphatic carbocycles. The highest BCUT2D eigenvalue weighted by Crippen LogP contribution is 2.35. The number of methoxy groups -OCH3 is 1. The lowest BCUT2D eigenvalue weighted by molar-refractivity contribution is 0.205. The van der Waals surface area contributed by atoms with Gasteiger partial charge in [0.25, 0.3) is 0 Å². The van der Waals surface area contributed by atoms with Crippen molar-refractivity contribution in [3.8, 4) is 0 Å². The first-order valence-corrected chi connectivity index (χ1v) is 8.02. The van der Waals surface area contributed by atoms with Gasteiger partial charge in [0.05, 0.1) is 6.61 Å². The van der Waals surface area contributed by atoms with Gasteiger partial charge in [-0.1, -0.05) is 6.92 Å². The van der Waals surface area contributed by atoms with Gasteiger partial charge in [-0.3, -0.25) is 0 Å². The van der Waals surface area contributed by atoms with Crippen molar-refractivity contribution >= 4 is 16.5 Å². The number of hydrogen-bond acceptors (Lipinski definition) is 5. The largest absolute Gasteiger partial charge is 0.383 e. The van der Waals surface area contributed by atoms with Gasteiger partial charge < -0.3 is 15.0 Å². The summed E-state index contributed by atoms with van der Waals surface area (Å²) < 4.78 is 5.20. The summed E-state index contributed by atoms with van der Waals surface area (Å²) in [4.78, 5) is 8.34. The van der Waals surface area contributed by atoms with Gasteiger partial charge in [0.1, 0.15) is 0 Å². The fraction of sp³-hybridized carbons (Fsp3) is 0.786. The molecular weight excluding hydrogens is 258 g/mol. The number of anilines is 1. The van der Waals surface area contributed by atoms with Crippen LogP contribution >= 0.6 is 11.3 Å². The van der Waals surface area contributed by atoms with Gasteiger partial charge in [-0.25, -0.2) is 4.98 Å². The van der Waals surface area contributed by atoms with E-state index in [9.17, 15) is 0 Å². The van der Waals surface area contributed by atoms with E-state index in [-0.39, 0.29) is 0 Å². The fourth-order valence-electron chi connectivity index (χ4n) is 2.08. The molecule has 1 unspecified atom stereocenters. The maximum atomic E-state index is 5.20. The van der Waals surface area contributed by atoms with Gasteiger partial charge in [0.15, 0.2) is 5.13 Å². The molecule has 108 valence electrons. The first kappa shape index (κ1) is 14.8. The topological polar surface area (TPSA) is 37.4 Å². The van der Waals surface area contributed by atoms with E-state index in [1.54, 1.807) is 7.11 Å². The second-order valence-electron chi connectivity index (χ2n) is 5.14. The van der Waals surface area contributed by atoms with Crippen LogP contribution in [0.2, 0.25) is 0 Å². The van der Waals surface area contributed by atoms with E-state index in [0.717, 1.165) is 31.2 Å². The van der Waals surface area contributed by atoms with Crippen LogP contribution < -0.4 is 10.2 Å². The highest BCUT2D eigenvalue weighted by Gasteiger charge is 2.30. The van der Waals surface area contributed by atoms with Crippen molar-refractivity contribution < 1.29 is 4.74 Å². The zero-order chi connectivity index (χ0) is 13.7.